The lowest BCUT2D eigenvalue weighted by Gasteiger charge is -2.27. The fourth-order valence-electron chi connectivity index (χ4n) is 4.31. The molecule has 1 unspecified atom stereocenters. The average Bonchev–Trinajstić information content (AvgIpc) is 3.39. The molecule has 0 bridgehead atoms. The van der Waals surface area contributed by atoms with E-state index in [2.05, 4.69) is 5.32 Å². The molecule has 8 nitrogen and oxygen atoms in total. The third-order valence-electron chi connectivity index (χ3n) is 6.02. The standard InChI is InChI=1S/C26H22N2O6/c29-22(27-14-19-6-3-13-33-19)15-34-26(32)17-9-11-18(12-10-17)28-24(30)20-7-1-4-16-5-2-8-21(23(16)20)25(28)31/h1-2,4-5,7-12,19H,3,6,13-15H2,(H,27,29). The molecule has 172 valence electrons. The van der Waals surface area contributed by atoms with Gasteiger partial charge in [-0.1, -0.05) is 24.3 Å². The van der Waals surface area contributed by atoms with Crippen molar-refractivity contribution in [3.05, 3.63) is 77.4 Å². The van der Waals surface area contributed by atoms with Gasteiger partial charge in [0.05, 0.1) is 17.4 Å². The van der Waals surface area contributed by atoms with Gasteiger partial charge in [-0.25, -0.2) is 9.69 Å². The Hall–Kier alpha value is -4.04. The van der Waals surface area contributed by atoms with Gasteiger partial charge in [0.25, 0.3) is 17.7 Å². The number of amides is 3. The molecule has 2 aliphatic heterocycles. The van der Waals surface area contributed by atoms with E-state index in [-0.39, 0.29) is 11.7 Å². The number of anilines is 1. The molecule has 0 saturated carbocycles. The number of rotatable bonds is 6. The Morgan fingerprint density at radius 3 is 2.26 bits per heavy atom. The number of nitrogens with one attached hydrogen (secondary N) is 1. The van der Waals surface area contributed by atoms with Gasteiger partial charge in [-0.2, -0.15) is 0 Å². The zero-order valence-corrected chi connectivity index (χ0v) is 18.3. The van der Waals surface area contributed by atoms with Gasteiger partial charge in [-0.05, 0) is 54.6 Å². The van der Waals surface area contributed by atoms with Crippen molar-refractivity contribution in [3.8, 4) is 0 Å². The number of hydrogen-bond donors (Lipinski definition) is 1. The molecule has 1 saturated heterocycles. The quantitative estimate of drug-likeness (QED) is 0.450. The van der Waals surface area contributed by atoms with E-state index in [1.807, 2.05) is 12.1 Å². The van der Waals surface area contributed by atoms with Crippen LogP contribution in [0.4, 0.5) is 5.69 Å². The van der Waals surface area contributed by atoms with Crippen molar-refractivity contribution in [3.63, 3.8) is 0 Å². The summed E-state index contributed by atoms with van der Waals surface area (Å²) in [4.78, 5) is 51.6. The minimum Gasteiger partial charge on any atom is -0.452 e. The topological polar surface area (TPSA) is 102 Å². The summed E-state index contributed by atoms with van der Waals surface area (Å²) >= 11 is 0. The predicted octanol–water partition coefficient (Wildman–Crippen LogP) is 3.09. The molecule has 1 atom stereocenters. The largest absolute Gasteiger partial charge is 0.452 e. The SMILES string of the molecule is O=C(COC(=O)c1ccc(N2C(=O)c3cccc4cccc(c34)C2=O)cc1)NCC1CCCO1. The second-order valence-electron chi connectivity index (χ2n) is 8.22. The molecule has 2 aliphatic rings. The van der Waals surface area contributed by atoms with Crippen molar-refractivity contribution in [2.75, 3.05) is 24.7 Å². The Bertz CT molecular complexity index is 1240. The molecule has 0 aliphatic carbocycles. The van der Waals surface area contributed by atoms with Gasteiger partial charge in [0.2, 0.25) is 0 Å². The van der Waals surface area contributed by atoms with Crippen molar-refractivity contribution < 1.29 is 28.7 Å². The van der Waals surface area contributed by atoms with Crippen molar-refractivity contribution in [2.24, 2.45) is 0 Å². The molecule has 0 spiro atoms. The Morgan fingerprint density at radius 2 is 1.65 bits per heavy atom. The third-order valence-corrected chi connectivity index (χ3v) is 6.02. The van der Waals surface area contributed by atoms with E-state index in [9.17, 15) is 19.2 Å². The first-order chi connectivity index (χ1) is 16.5. The van der Waals surface area contributed by atoms with Gasteiger partial charge in [0.1, 0.15) is 0 Å². The van der Waals surface area contributed by atoms with E-state index in [0.29, 0.717) is 35.4 Å². The van der Waals surface area contributed by atoms with E-state index in [1.165, 1.54) is 24.3 Å². The minimum absolute atomic E-state index is 0.00588. The summed E-state index contributed by atoms with van der Waals surface area (Å²) < 4.78 is 10.5. The second kappa shape index (κ2) is 9.07. The number of nitrogens with zero attached hydrogens (tertiary/aromatic N) is 1. The van der Waals surface area contributed by atoms with Crippen LogP contribution in [0.25, 0.3) is 10.8 Å². The highest BCUT2D eigenvalue weighted by atomic mass is 16.5. The van der Waals surface area contributed by atoms with Crippen molar-refractivity contribution in [1.82, 2.24) is 5.32 Å². The lowest BCUT2D eigenvalue weighted by Crippen LogP contribution is -2.40. The molecule has 1 fully saturated rings. The van der Waals surface area contributed by atoms with Gasteiger partial charge < -0.3 is 14.8 Å². The van der Waals surface area contributed by atoms with Crippen molar-refractivity contribution in [1.29, 1.82) is 0 Å². The van der Waals surface area contributed by atoms with E-state index in [4.69, 9.17) is 9.47 Å². The average molecular weight is 458 g/mol. The summed E-state index contributed by atoms with van der Waals surface area (Å²) in [6.45, 7) is 0.680. The van der Waals surface area contributed by atoms with Crippen LogP contribution >= 0.6 is 0 Å². The highest BCUT2D eigenvalue weighted by Gasteiger charge is 2.33. The number of esters is 1. The summed E-state index contributed by atoms with van der Waals surface area (Å²) in [7, 11) is 0. The smallest absolute Gasteiger partial charge is 0.338 e. The van der Waals surface area contributed by atoms with Gasteiger partial charge in [0, 0.05) is 29.7 Å². The van der Waals surface area contributed by atoms with Crippen molar-refractivity contribution in [2.45, 2.75) is 18.9 Å². The van der Waals surface area contributed by atoms with Crippen LogP contribution in [0.3, 0.4) is 0 Å². The minimum atomic E-state index is -0.676. The summed E-state index contributed by atoms with van der Waals surface area (Å²) in [6.07, 6.45) is 1.88. The van der Waals surface area contributed by atoms with Gasteiger partial charge in [0.15, 0.2) is 6.61 Å². The highest BCUT2D eigenvalue weighted by Crippen LogP contribution is 2.32. The first-order valence-electron chi connectivity index (χ1n) is 11.1. The summed E-state index contributed by atoms with van der Waals surface area (Å²) in [5, 5.41) is 4.16. The first kappa shape index (κ1) is 21.8. The van der Waals surface area contributed by atoms with Crippen molar-refractivity contribution >= 4 is 40.2 Å². The van der Waals surface area contributed by atoms with Gasteiger partial charge >= 0.3 is 5.97 Å². The second-order valence-corrected chi connectivity index (χ2v) is 8.22. The Balaban J connectivity index is 1.26. The van der Waals surface area contributed by atoms with Crippen LogP contribution < -0.4 is 10.2 Å². The predicted molar refractivity (Wildman–Crippen MR) is 124 cm³/mol. The summed E-state index contributed by atoms with van der Waals surface area (Å²) in [6, 6.07) is 16.6. The zero-order chi connectivity index (χ0) is 23.7. The van der Waals surface area contributed by atoms with E-state index in [1.54, 1.807) is 24.3 Å². The Kier molecular flexibility index (Phi) is 5.81. The molecule has 2 heterocycles. The molecule has 3 aromatic carbocycles. The maximum atomic E-state index is 13.1. The maximum Gasteiger partial charge on any atom is 0.338 e. The Morgan fingerprint density at radius 1 is 0.971 bits per heavy atom. The molecule has 34 heavy (non-hydrogen) atoms. The molecular formula is C26H22N2O6. The molecule has 5 rings (SSSR count). The van der Waals surface area contributed by atoms with Crippen LogP contribution in [0, 0.1) is 0 Å². The van der Waals surface area contributed by atoms with Gasteiger partial charge in [-0.3, -0.25) is 14.4 Å². The summed E-state index contributed by atoms with van der Waals surface area (Å²) in [5.41, 5.74) is 1.44. The van der Waals surface area contributed by atoms with Crippen LogP contribution in [0.5, 0.6) is 0 Å². The van der Waals surface area contributed by atoms with E-state index < -0.39 is 30.3 Å². The molecule has 3 aromatic rings. The third kappa shape index (κ3) is 4.04. The Labute approximate surface area is 195 Å². The summed E-state index contributed by atoms with van der Waals surface area (Å²) in [5.74, 6) is -1.93. The zero-order valence-electron chi connectivity index (χ0n) is 18.3. The lowest BCUT2D eigenvalue weighted by atomic mass is 9.94. The molecule has 0 aromatic heterocycles. The fraction of sp³-hybridized carbons (Fsp3) is 0.231. The van der Waals surface area contributed by atoms with Crippen LogP contribution in [0.2, 0.25) is 0 Å². The maximum absolute atomic E-state index is 13.1. The van der Waals surface area contributed by atoms with E-state index in [0.717, 1.165) is 23.1 Å². The first-order valence-corrected chi connectivity index (χ1v) is 11.1. The van der Waals surface area contributed by atoms with Crippen LogP contribution in [-0.2, 0) is 14.3 Å². The number of carbonyl (C=O) groups excluding carboxylic acids is 4. The monoisotopic (exact) mass is 458 g/mol. The van der Waals surface area contributed by atoms with Crippen LogP contribution in [-0.4, -0.2) is 49.6 Å². The molecule has 0 radical (unpaired) electrons. The lowest BCUT2D eigenvalue weighted by molar-refractivity contribution is -0.124. The normalized spacial score (nSPS) is 17.2. The molecule has 1 N–H and O–H groups in total. The van der Waals surface area contributed by atoms with E-state index >= 15 is 0 Å². The molecular weight excluding hydrogens is 436 g/mol. The number of imide groups is 1. The number of carbonyl (C=O) groups is 4. The van der Waals surface area contributed by atoms with Crippen LogP contribution in [0.1, 0.15) is 43.9 Å². The number of hydrogen-bond acceptors (Lipinski definition) is 6. The number of benzene rings is 3. The fourth-order valence-corrected chi connectivity index (χ4v) is 4.31. The highest BCUT2D eigenvalue weighted by molar-refractivity contribution is 6.35. The van der Waals surface area contributed by atoms with Crippen LogP contribution in [0.15, 0.2) is 60.7 Å². The number of ether oxygens (including phenoxy) is 2. The van der Waals surface area contributed by atoms with Gasteiger partial charge in [-0.15, -0.1) is 0 Å². The molecule has 8 heteroatoms. The molecule has 3 amide bonds.